The monoisotopic (exact) mass is 229 g/mol. The number of halogens is 2. The average Bonchev–Trinajstić information content (AvgIpc) is 2.24. The zero-order chi connectivity index (χ0) is 12.0. The second kappa shape index (κ2) is 6.17. The normalized spacial score (nSPS) is 10.2. The third-order valence-corrected chi connectivity index (χ3v) is 2.01. The van der Waals surface area contributed by atoms with Crippen molar-refractivity contribution in [2.45, 2.75) is 19.3 Å². The number of anilines is 1. The van der Waals surface area contributed by atoms with E-state index in [0.717, 1.165) is 18.2 Å². The Morgan fingerprint density at radius 2 is 2.06 bits per heavy atom. The fourth-order valence-electron chi connectivity index (χ4n) is 1.20. The Hall–Kier alpha value is -1.49. The third-order valence-electron chi connectivity index (χ3n) is 2.01. The average molecular weight is 229 g/mol. The summed E-state index contributed by atoms with van der Waals surface area (Å²) < 4.78 is 25.9. The first-order chi connectivity index (χ1) is 7.63. The van der Waals surface area contributed by atoms with E-state index in [1.54, 1.807) is 0 Å². The Morgan fingerprint density at radius 3 is 2.75 bits per heavy atom. The SMILES string of the molecule is O=C(CCCCO)Nc1cc(F)ccc1F. The molecule has 3 nitrogen and oxygen atoms in total. The molecule has 1 aromatic rings. The van der Waals surface area contributed by atoms with Crippen LogP contribution in [-0.2, 0) is 4.79 Å². The van der Waals surface area contributed by atoms with Crippen molar-refractivity contribution in [3.63, 3.8) is 0 Å². The molecule has 0 bridgehead atoms. The highest BCUT2D eigenvalue weighted by atomic mass is 19.1. The van der Waals surface area contributed by atoms with E-state index in [1.165, 1.54) is 0 Å². The van der Waals surface area contributed by atoms with Crippen LogP contribution in [0.15, 0.2) is 18.2 Å². The van der Waals surface area contributed by atoms with Crippen molar-refractivity contribution in [3.8, 4) is 0 Å². The van der Waals surface area contributed by atoms with E-state index in [4.69, 9.17) is 5.11 Å². The molecule has 2 N–H and O–H groups in total. The molecular weight excluding hydrogens is 216 g/mol. The van der Waals surface area contributed by atoms with Crippen molar-refractivity contribution >= 4 is 11.6 Å². The van der Waals surface area contributed by atoms with Gasteiger partial charge in [0.2, 0.25) is 5.91 Å². The highest BCUT2D eigenvalue weighted by molar-refractivity contribution is 5.90. The molecule has 0 spiro atoms. The van der Waals surface area contributed by atoms with Crippen LogP contribution < -0.4 is 5.32 Å². The molecule has 1 rings (SSSR count). The van der Waals surface area contributed by atoms with E-state index in [9.17, 15) is 13.6 Å². The van der Waals surface area contributed by atoms with Crippen molar-refractivity contribution < 1.29 is 18.7 Å². The predicted octanol–water partition coefficient (Wildman–Crippen LogP) is 2.07. The Balaban J connectivity index is 2.52. The molecule has 88 valence electrons. The number of rotatable bonds is 5. The molecule has 0 heterocycles. The first kappa shape index (κ1) is 12.6. The Bertz CT molecular complexity index is 369. The Kier molecular flexibility index (Phi) is 4.85. The van der Waals surface area contributed by atoms with Crippen molar-refractivity contribution in [2.24, 2.45) is 0 Å². The van der Waals surface area contributed by atoms with Gasteiger partial charge >= 0.3 is 0 Å². The fourth-order valence-corrected chi connectivity index (χ4v) is 1.20. The van der Waals surface area contributed by atoms with E-state index in [2.05, 4.69) is 5.32 Å². The fraction of sp³-hybridized carbons (Fsp3) is 0.364. The number of aliphatic hydroxyl groups excluding tert-OH is 1. The molecule has 0 aliphatic rings. The van der Waals surface area contributed by atoms with E-state index in [0.29, 0.717) is 12.8 Å². The van der Waals surface area contributed by atoms with Crippen LogP contribution in [0.2, 0.25) is 0 Å². The second-order valence-corrected chi connectivity index (χ2v) is 3.35. The maximum atomic E-state index is 13.1. The van der Waals surface area contributed by atoms with Crippen molar-refractivity contribution in [1.29, 1.82) is 0 Å². The highest BCUT2D eigenvalue weighted by Crippen LogP contribution is 2.15. The molecule has 0 atom stereocenters. The number of nitrogens with one attached hydrogen (secondary N) is 1. The largest absolute Gasteiger partial charge is 0.396 e. The first-order valence-electron chi connectivity index (χ1n) is 4.99. The van der Waals surface area contributed by atoms with Gasteiger partial charge in [0.1, 0.15) is 11.6 Å². The molecule has 0 aromatic heterocycles. The number of carbonyl (C=O) groups excluding carboxylic acids is 1. The lowest BCUT2D eigenvalue weighted by Gasteiger charge is -2.05. The molecule has 16 heavy (non-hydrogen) atoms. The van der Waals surface area contributed by atoms with E-state index in [1.807, 2.05) is 0 Å². The summed E-state index contributed by atoms with van der Waals surface area (Å²) in [5, 5.41) is 10.8. The second-order valence-electron chi connectivity index (χ2n) is 3.35. The van der Waals surface area contributed by atoms with Crippen LogP contribution in [-0.4, -0.2) is 17.6 Å². The van der Waals surface area contributed by atoms with Crippen molar-refractivity contribution in [2.75, 3.05) is 11.9 Å². The summed E-state index contributed by atoms with van der Waals surface area (Å²) in [5.41, 5.74) is -0.158. The maximum Gasteiger partial charge on any atom is 0.224 e. The van der Waals surface area contributed by atoms with Crippen LogP contribution in [0.4, 0.5) is 14.5 Å². The van der Waals surface area contributed by atoms with Crippen molar-refractivity contribution in [3.05, 3.63) is 29.8 Å². The number of amides is 1. The molecular formula is C11H13F2NO2. The molecule has 0 saturated heterocycles. The van der Waals surface area contributed by atoms with Gasteiger partial charge in [0, 0.05) is 19.1 Å². The molecule has 0 fully saturated rings. The van der Waals surface area contributed by atoms with Crippen LogP contribution in [0.5, 0.6) is 0 Å². The van der Waals surface area contributed by atoms with E-state index >= 15 is 0 Å². The summed E-state index contributed by atoms with van der Waals surface area (Å²) in [6.45, 7) is 0.0155. The summed E-state index contributed by atoms with van der Waals surface area (Å²) >= 11 is 0. The Morgan fingerprint density at radius 1 is 1.31 bits per heavy atom. The van der Waals surface area contributed by atoms with Gasteiger partial charge in [0.05, 0.1) is 5.69 Å². The van der Waals surface area contributed by atoms with Gasteiger partial charge in [0.25, 0.3) is 0 Å². The van der Waals surface area contributed by atoms with Crippen molar-refractivity contribution in [1.82, 2.24) is 0 Å². The number of hydrogen-bond donors (Lipinski definition) is 2. The summed E-state index contributed by atoms with van der Waals surface area (Å²) in [5.74, 6) is -1.66. The van der Waals surface area contributed by atoms with Gasteiger partial charge in [-0.3, -0.25) is 4.79 Å². The number of hydrogen-bond acceptors (Lipinski definition) is 2. The topological polar surface area (TPSA) is 49.3 Å². The van der Waals surface area contributed by atoms with Crippen LogP contribution in [0.25, 0.3) is 0 Å². The molecule has 0 radical (unpaired) electrons. The molecule has 5 heteroatoms. The van der Waals surface area contributed by atoms with Crippen LogP contribution in [0.3, 0.4) is 0 Å². The van der Waals surface area contributed by atoms with Gasteiger partial charge in [-0.1, -0.05) is 0 Å². The van der Waals surface area contributed by atoms with Crippen LogP contribution in [0.1, 0.15) is 19.3 Å². The lowest BCUT2D eigenvalue weighted by molar-refractivity contribution is -0.116. The molecule has 1 amide bonds. The van der Waals surface area contributed by atoms with Crippen LogP contribution >= 0.6 is 0 Å². The zero-order valence-electron chi connectivity index (χ0n) is 8.67. The van der Waals surface area contributed by atoms with Gasteiger partial charge in [-0.15, -0.1) is 0 Å². The number of aliphatic hydroxyl groups is 1. The number of benzene rings is 1. The minimum Gasteiger partial charge on any atom is -0.396 e. The van der Waals surface area contributed by atoms with E-state index < -0.39 is 17.5 Å². The minimum absolute atomic E-state index is 0.0155. The molecule has 0 aliphatic heterocycles. The van der Waals surface area contributed by atoms with Gasteiger partial charge < -0.3 is 10.4 Å². The Labute approximate surface area is 92.1 Å². The third kappa shape index (κ3) is 3.94. The maximum absolute atomic E-state index is 13.1. The summed E-state index contributed by atoms with van der Waals surface area (Å²) in [6, 6.07) is 2.87. The smallest absolute Gasteiger partial charge is 0.224 e. The lowest BCUT2D eigenvalue weighted by atomic mass is 10.2. The van der Waals surface area contributed by atoms with E-state index in [-0.39, 0.29) is 18.7 Å². The van der Waals surface area contributed by atoms with Gasteiger partial charge in [-0.2, -0.15) is 0 Å². The lowest BCUT2D eigenvalue weighted by Crippen LogP contribution is -2.12. The highest BCUT2D eigenvalue weighted by Gasteiger charge is 2.07. The first-order valence-corrected chi connectivity index (χ1v) is 4.99. The van der Waals surface area contributed by atoms with Gasteiger partial charge in [-0.05, 0) is 25.0 Å². The minimum atomic E-state index is -0.670. The summed E-state index contributed by atoms with van der Waals surface area (Å²) in [6.07, 6.45) is 1.20. The molecule has 0 saturated carbocycles. The number of carbonyl (C=O) groups is 1. The standard InChI is InChI=1S/C11H13F2NO2/c12-8-4-5-9(13)10(7-8)14-11(16)3-1-2-6-15/h4-5,7,15H,1-3,6H2,(H,14,16). The van der Waals surface area contributed by atoms with Gasteiger partial charge in [-0.25, -0.2) is 8.78 Å². The van der Waals surface area contributed by atoms with Crippen LogP contribution in [0, 0.1) is 11.6 Å². The van der Waals surface area contributed by atoms with Gasteiger partial charge in [0.15, 0.2) is 0 Å². The quantitative estimate of drug-likeness (QED) is 0.759. The number of unbranched alkanes of at least 4 members (excludes halogenated alkanes) is 1. The molecule has 1 aromatic carbocycles. The molecule has 0 aliphatic carbocycles. The predicted molar refractivity (Wildman–Crippen MR) is 55.9 cm³/mol. The summed E-state index contributed by atoms with van der Waals surface area (Å²) in [7, 11) is 0. The zero-order valence-corrected chi connectivity index (χ0v) is 8.67. The summed E-state index contributed by atoms with van der Waals surface area (Å²) in [4.78, 5) is 11.3. The molecule has 0 unspecified atom stereocenters.